The molecule has 1 heterocycles. The predicted molar refractivity (Wildman–Crippen MR) is 67.5 cm³/mol. The van der Waals surface area contributed by atoms with Gasteiger partial charge in [0.25, 0.3) is 11.5 Å². The summed E-state index contributed by atoms with van der Waals surface area (Å²) in [5.74, 6) is -1.81. The van der Waals surface area contributed by atoms with Crippen molar-refractivity contribution in [2.24, 2.45) is 0 Å². The maximum atomic E-state index is 11.8. The average Bonchev–Trinajstić information content (AvgIpc) is 2.36. The first-order valence-electron chi connectivity index (χ1n) is 5.41. The number of aromatic nitrogens is 1. The first-order valence-corrected chi connectivity index (χ1v) is 5.41. The van der Waals surface area contributed by atoms with Crippen LogP contribution in [0.5, 0.6) is 5.75 Å². The Kier molecular flexibility index (Phi) is 3.19. The molecule has 2 amide bonds. The molecule has 0 bridgehead atoms. The fourth-order valence-electron chi connectivity index (χ4n) is 1.64. The molecule has 0 aliphatic heterocycles. The molecule has 98 valence electrons. The van der Waals surface area contributed by atoms with Gasteiger partial charge in [-0.05, 0) is 12.1 Å². The number of hydrazine groups is 1. The molecular weight excluding hydrogens is 250 g/mol. The van der Waals surface area contributed by atoms with Gasteiger partial charge in [-0.1, -0.05) is 12.1 Å². The second-order valence-corrected chi connectivity index (χ2v) is 3.86. The van der Waals surface area contributed by atoms with Gasteiger partial charge in [-0.25, -0.2) is 0 Å². The Morgan fingerprint density at radius 3 is 2.58 bits per heavy atom. The topological polar surface area (TPSA) is 111 Å². The van der Waals surface area contributed by atoms with E-state index in [2.05, 4.69) is 4.98 Å². The monoisotopic (exact) mass is 261 g/mol. The Morgan fingerprint density at radius 2 is 1.89 bits per heavy atom. The van der Waals surface area contributed by atoms with Crippen LogP contribution in [0, 0.1) is 0 Å². The van der Waals surface area contributed by atoms with Gasteiger partial charge in [-0.3, -0.25) is 25.2 Å². The number of benzene rings is 1. The summed E-state index contributed by atoms with van der Waals surface area (Å²) >= 11 is 0. The van der Waals surface area contributed by atoms with Gasteiger partial charge in [-0.15, -0.1) is 0 Å². The highest BCUT2D eigenvalue weighted by Gasteiger charge is 2.18. The normalized spacial score (nSPS) is 10.2. The Bertz CT molecular complexity index is 720. The van der Waals surface area contributed by atoms with E-state index in [1.54, 1.807) is 24.3 Å². The maximum Gasteiger partial charge on any atom is 0.279 e. The van der Waals surface area contributed by atoms with Gasteiger partial charge in [0.15, 0.2) is 0 Å². The molecule has 4 N–H and O–H groups in total. The highest BCUT2D eigenvalue weighted by molar-refractivity contribution is 6.02. The molecule has 0 radical (unpaired) electrons. The van der Waals surface area contributed by atoms with Crippen molar-refractivity contribution < 1.29 is 14.7 Å². The quantitative estimate of drug-likeness (QED) is 0.542. The molecule has 0 fully saturated rings. The van der Waals surface area contributed by atoms with Gasteiger partial charge in [-0.2, -0.15) is 0 Å². The second kappa shape index (κ2) is 4.81. The summed E-state index contributed by atoms with van der Waals surface area (Å²) in [6.07, 6.45) is 0. The Hall–Kier alpha value is -2.83. The number of hydrogen-bond acceptors (Lipinski definition) is 4. The fraction of sp³-hybridized carbons (Fsp3) is 0.0833. The van der Waals surface area contributed by atoms with E-state index in [0.29, 0.717) is 10.9 Å². The Labute approximate surface area is 107 Å². The molecule has 0 saturated carbocycles. The number of pyridine rings is 1. The van der Waals surface area contributed by atoms with Crippen molar-refractivity contribution in [3.8, 4) is 5.75 Å². The molecule has 2 rings (SSSR count). The zero-order valence-electron chi connectivity index (χ0n) is 9.98. The van der Waals surface area contributed by atoms with Crippen LogP contribution in [0.4, 0.5) is 0 Å². The van der Waals surface area contributed by atoms with E-state index < -0.39 is 28.7 Å². The van der Waals surface area contributed by atoms with Crippen molar-refractivity contribution in [2.75, 3.05) is 0 Å². The van der Waals surface area contributed by atoms with Crippen molar-refractivity contribution in [1.82, 2.24) is 15.8 Å². The van der Waals surface area contributed by atoms with Gasteiger partial charge < -0.3 is 10.1 Å². The van der Waals surface area contributed by atoms with E-state index in [1.165, 1.54) is 6.92 Å². The van der Waals surface area contributed by atoms with Crippen molar-refractivity contribution in [2.45, 2.75) is 6.92 Å². The summed E-state index contributed by atoms with van der Waals surface area (Å²) in [5, 5.41) is 10.3. The molecule has 0 atom stereocenters. The summed E-state index contributed by atoms with van der Waals surface area (Å²) in [7, 11) is 0. The lowest BCUT2D eigenvalue weighted by Crippen LogP contribution is -2.42. The molecule has 1 aromatic carbocycles. The van der Waals surface area contributed by atoms with E-state index in [0.717, 1.165) is 0 Å². The smallest absolute Gasteiger partial charge is 0.279 e. The van der Waals surface area contributed by atoms with Crippen molar-refractivity contribution in [3.63, 3.8) is 0 Å². The maximum absolute atomic E-state index is 11.8. The third-order valence-corrected chi connectivity index (χ3v) is 2.47. The third kappa shape index (κ3) is 2.39. The lowest BCUT2D eigenvalue weighted by Gasteiger charge is -2.08. The van der Waals surface area contributed by atoms with Gasteiger partial charge in [0.05, 0.1) is 5.52 Å². The second-order valence-electron chi connectivity index (χ2n) is 3.86. The van der Waals surface area contributed by atoms with E-state index in [-0.39, 0.29) is 0 Å². The number of aromatic amines is 1. The van der Waals surface area contributed by atoms with Gasteiger partial charge >= 0.3 is 0 Å². The van der Waals surface area contributed by atoms with Crippen LogP contribution in [0.25, 0.3) is 10.9 Å². The van der Waals surface area contributed by atoms with Crippen molar-refractivity contribution in [1.29, 1.82) is 0 Å². The molecule has 1 aromatic heterocycles. The SMILES string of the molecule is CC(=O)NNC(=O)c1c(O)c2ccccc2[nH]c1=O. The number of carbonyl (C=O) groups is 2. The molecule has 0 unspecified atom stereocenters. The predicted octanol–water partition coefficient (Wildman–Crippen LogP) is 0.0146. The zero-order chi connectivity index (χ0) is 14.0. The fourth-order valence-corrected chi connectivity index (χ4v) is 1.64. The van der Waals surface area contributed by atoms with Crippen LogP contribution in [0.3, 0.4) is 0 Å². The van der Waals surface area contributed by atoms with Gasteiger partial charge in [0.1, 0.15) is 11.3 Å². The molecule has 0 aliphatic carbocycles. The number of rotatable bonds is 1. The van der Waals surface area contributed by atoms with Crippen LogP contribution in [0.15, 0.2) is 29.1 Å². The van der Waals surface area contributed by atoms with Crippen LogP contribution in [-0.2, 0) is 4.79 Å². The summed E-state index contributed by atoms with van der Waals surface area (Å²) in [4.78, 5) is 36.6. The first kappa shape index (κ1) is 12.6. The number of H-pyrrole nitrogens is 1. The molecule has 19 heavy (non-hydrogen) atoms. The number of aromatic hydroxyl groups is 1. The number of carbonyl (C=O) groups excluding carboxylic acids is 2. The Balaban J connectivity index is 2.51. The average molecular weight is 261 g/mol. The molecule has 0 saturated heterocycles. The number of para-hydroxylation sites is 1. The molecule has 0 aliphatic rings. The summed E-state index contributed by atoms with van der Waals surface area (Å²) in [6, 6.07) is 6.52. The minimum Gasteiger partial charge on any atom is -0.506 e. The first-order chi connectivity index (χ1) is 9.00. The number of nitrogens with one attached hydrogen (secondary N) is 3. The van der Waals surface area contributed by atoms with Crippen molar-refractivity contribution >= 4 is 22.7 Å². The third-order valence-electron chi connectivity index (χ3n) is 2.47. The van der Waals surface area contributed by atoms with Crippen LogP contribution in [-0.4, -0.2) is 21.9 Å². The standard InChI is InChI=1S/C12H11N3O4/c1-6(16)14-15-12(19)9-10(17)7-4-2-3-5-8(7)13-11(9)18/h2-5H,1H3,(H,14,16)(H,15,19)(H2,13,17,18). The van der Waals surface area contributed by atoms with Gasteiger partial charge in [0, 0.05) is 12.3 Å². The summed E-state index contributed by atoms with van der Waals surface area (Å²) < 4.78 is 0. The van der Waals surface area contributed by atoms with Crippen LogP contribution in [0.2, 0.25) is 0 Å². The number of fused-ring (bicyclic) bond motifs is 1. The van der Waals surface area contributed by atoms with Gasteiger partial charge in [0.2, 0.25) is 5.91 Å². The van der Waals surface area contributed by atoms with Crippen LogP contribution < -0.4 is 16.4 Å². The lowest BCUT2D eigenvalue weighted by molar-refractivity contribution is -0.119. The summed E-state index contributed by atoms with van der Waals surface area (Å²) in [5.41, 5.74) is 3.30. The Morgan fingerprint density at radius 1 is 1.21 bits per heavy atom. The van der Waals surface area contributed by atoms with E-state index >= 15 is 0 Å². The van der Waals surface area contributed by atoms with Crippen molar-refractivity contribution in [3.05, 3.63) is 40.2 Å². The molecule has 2 aromatic rings. The largest absolute Gasteiger partial charge is 0.506 e. The lowest BCUT2D eigenvalue weighted by atomic mass is 10.1. The van der Waals surface area contributed by atoms with Crippen LogP contribution in [0.1, 0.15) is 17.3 Å². The number of hydrogen-bond donors (Lipinski definition) is 4. The zero-order valence-corrected chi connectivity index (χ0v) is 9.98. The van der Waals surface area contributed by atoms with E-state index in [1.807, 2.05) is 10.9 Å². The number of amides is 2. The highest BCUT2D eigenvalue weighted by Crippen LogP contribution is 2.23. The van der Waals surface area contributed by atoms with E-state index in [9.17, 15) is 19.5 Å². The summed E-state index contributed by atoms with van der Waals surface area (Å²) in [6.45, 7) is 1.20. The molecule has 0 spiro atoms. The minimum atomic E-state index is -0.889. The molecule has 7 nitrogen and oxygen atoms in total. The van der Waals surface area contributed by atoms with E-state index in [4.69, 9.17) is 0 Å². The van der Waals surface area contributed by atoms with Crippen LogP contribution >= 0.6 is 0 Å². The minimum absolute atomic E-state index is 0.343. The molecule has 7 heteroatoms. The molecular formula is C12H11N3O4. The highest BCUT2D eigenvalue weighted by atomic mass is 16.3.